The molecule has 2 heterocycles. The predicted octanol–water partition coefficient (Wildman–Crippen LogP) is 5.57. The molecule has 3 N–H and O–H groups in total. The van der Waals surface area contributed by atoms with Crippen molar-refractivity contribution in [2.45, 2.75) is 40.7 Å². The van der Waals surface area contributed by atoms with Crippen molar-refractivity contribution < 1.29 is 9.90 Å². The lowest BCUT2D eigenvalue weighted by Crippen LogP contribution is -2.25. The zero-order valence-corrected chi connectivity index (χ0v) is 20.5. The topological polar surface area (TPSA) is 90.4 Å². The second kappa shape index (κ2) is 8.84. The fourth-order valence-corrected chi connectivity index (χ4v) is 4.89. The first kappa shape index (κ1) is 23.0. The van der Waals surface area contributed by atoms with E-state index in [2.05, 4.69) is 59.2 Å². The molecule has 166 valence electrons. The Morgan fingerprint density at radius 3 is 2.35 bits per heavy atom. The fraction of sp³-hybridized carbons (Fsp3) is 0.409. The van der Waals surface area contributed by atoms with E-state index in [1.807, 2.05) is 0 Å². The van der Waals surface area contributed by atoms with Crippen LogP contribution in [0.5, 0.6) is 5.75 Å². The molecule has 1 atom stereocenters. The van der Waals surface area contributed by atoms with E-state index in [-0.39, 0.29) is 28.7 Å². The van der Waals surface area contributed by atoms with Crippen LogP contribution in [0.25, 0.3) is 0 Å². The number of nitrogens with one attached hydrogen (secondary N) is 2. The van der Waals surface area contributed by atoms with E-state index in [9.17, 15) is 9.90 Å². The van der Waals surface area contributed by atoms with Crippen molar-refractivity contribution in [3.63, 3.8) is 0 Å². The number of phenols is 1. The maximum atomic E-state index is 12.5. The first-order valence-electron chi connectivity index (χ1n) is 9.95. The van der Waals surface area contributed by atoms with Crippen molar-refractivity contribution >= 4 is 46.3 Å². The second-order valence-corrected chi connectivity index (χ2v) is 10.7. The minimum absolute atomic E-state index is 0.0353. The summed E-state index contributed by atoms with van der Waals surface area (Å²) in [6, 6.07) is 7.84. The molecule has 0 spiro atoms. The fourth-order valence-electron chi connectivity index (χ4n) is 3.24. The monoisotopic (exact) mass is 459 g/mol. The first-order chi connectivity index (χ1) is 14.5. The van der Waals surface area contributed by atoms with Gasteiger partial charge >= 0.3 is 0 Å². The largest absolute Gasteiger partial charge is 0.505 e. The molecule has 1 aromatic carbocycles. The number of phenolic OH excluding ortho intramolecular Hbond substituents is 1. The highest BCUT2D eigenvalue weighted by Gasteiger charge is 2.29. The molecule has 0 saturated carbocycles. The van der Waals surface area contributed by atoms with Gasteiger partial charge in [-0.15, -0.1) is 11.3 Å². The van der Waals surface area contributed by atoms with E-state index in [0.717, 1.165) is 11.7 Å². The van der Waals surface area contributed by atoms with Crippen LogP contribution in [0.2, 0.25) is 0 Å². The zero-order chi connectivity index (χ0) is 22.9. The Kier molecular flexibility index (Phi) is 6.56. The van der Waals surface area contributed by atoms with E-state index < -0.39 is 0 Å². The second-order valence-electron chi connectivity index (χ2n) is 8.83. The third-order valence-corrected chi connectivity index (χ3v) is 6.53. The Balaban J connectivity index is 1.92. The summed E-state index contributed by atoms with van der Waals surface area (Å²) in [5.74, 6) is 0.763. The minimum atomic E-state index is -0.255. The average Bonchev–Trinajstić information content (AvgIpc) is 3.29. The normalized spacial score (nSPS) is 12.5. The highest BCUT2D eigenvalue weighted by atomic mass is 32.1. The molecule has 0 aliphatic rings. The van der Waals surface area contributed by atoms with Gasteiger partial charge in [0.15, 0.2) is 17.4 Å². The van der Waals surface area contributed by atoms with E-state index in [4.69, 9.17) is 0 Å². The number of thiophene rings is 1. The Morgan fingerprint density at radius 1 is 1.10 bits per heavy atom. The highest BCUT2D eigenvalue weighted by molar-refractivity contribution is 7.12. The molecule has 3 rings (SSSR count). The van der Waals surface area contributed by atoms with Crippen LogP contribution in [-0.2, 0) is 0 Å². The SMILES string of the molecule is Cc1ccc([C@H](Nc2nsnc2Nc2ccc(C)c(C(=O)N(C)C)c2O)C(C)(C)C)s1. The maximum absolute atomic E-state index is 12.5. The van der Waals surface area contributed by atoms with Gasteiger partial charge in [-0.05, 0) is 43.0 Å². The molecule has 0 radical (unpaired) electrons. The summed E-state index contributed by atoms with van der Waals surface area (Å²) in [7, 11) is 3.32. The van der Waals surface area contributed by atoms with E-state index >= 15 is 0 Å². The van der Waals surface area contributed by atoms with Gasteiger partial charge in [0.1, 0.15) is 0 Å². The van der Waals surface area contributed by atoms with Crippen molar-refractivity contribution in [1.82, 2.24) is 13.6 Å². The molecule has 0 fully saturated rings. The van der Waals surface area contributed by atoms with Crippen molar-refractivity contribution in [2.24, 2.45) is 5.41 Å². The minimum Gasteiger partial charge on any atom is -0.505 e. The smallest absolute Gasteiger partial charge is 0.257 e. The number of carbonyl (C=O) groups is 1. The van der Waals surface area contributed by atoms with Crippen LogP contribution in [0, 0.1) is 19.3 Å². The summed E-state index contributed by atoms with van der Waals surface area (Å²) in [4.78, 5) is 16.4. The van der Waals surface area contributed by atoms with Crippen molar-refractivity contribution in [2.75, 3.05) is 24.7 Å². The lowest BCUT2D eigenvalue weighted by molar-refractivity contribution is 0.0824. The van der Waals surface area contributed by atoms with E-state index in [1.54, 1.807) is 44.5 Å². The number of aromatic nitrogens is 2. The molecule has 2 aromatic heterocycles. The van der Waals surface area contributed by atoms with Gasteiger partial charge in [0.25, 0.3) is 5.91 Å². The predicted molar refractivity (Wildman–Crippen MR) is 129 cm³/mol. The number of amides is 1. The number of anilines is 3. The summed E-state index contributed by atoms with van der Waals surface area (Å²) in [5, 5.41) is 17.5. The summed E-state index contributed by atoms with van der Waals surface area (Å²) in [5.41, 5.74) is 1.33. The van der Waals surface area contributed by atoms with Gasteiger partial charge in [0.05, 0.1) is 29.0 Å². The third kappa shape index (κ3) is 4.99. The van der Waals surface area contributed by atoms with Gasteiger partial charge in [0, 0.05) is 23.8 Å². The van der Waals surface area contributed by atoms with Gasteiger partial charge in [-0.2, -0.15) is 8.75 Å². The number of nitrogens with zero attached hydrogens (tertiary/aromatic N) is 3. The summed E-state index contributed by atoms with van der Waals surface area (Å²) in [6.07, 6.45) is 0. The van der Waals surface area contributed by atoms with Crippen LogP contribution in [0.4, 0.5) is 17.3 Å². The number of benzene rings is 1. The number of rotatable bonds is 6. The van der Waals surface area contributed by atoms with Gasteiger partial charge in [0.2, 0.25) is 0 Å². The molecule has 0 saturated heterocycles. The number of aryl methyl sites for hydroxylation is 2. The first-order valence-corrected chi connectivity index (χ1v) is 11.5. The van der Waals surface area contributed by atoms with Crippen LogP contribution in [-0.4, -0.2) is 38.8 Å². The molecule has 0 aliphatic carbocycles. The van der Waals surface area contributed by atoms with E-state index in [0.29, 0.717) is 22.9 Å². The van der Waals surface area contributed by atoms with Crippen molar-refractivity contribution in [3.05, 3.63) is 45.1 Å². The van der Waals surface area contributed by atoms with Crippen molar-refractivity contribution in [3.8, 4) is 5.75 Å². The number of hydrogen-bond acceptors (Lipinski definition) is 8. The van der Waals surface area contributed by atoms with Crippen molar-refractivity contribution in [1.29, 1.82) is 0 Å². The molecular formula is C22H29N5O2S2. The molecule has 7 nitrogen and oxygen atoms in total. The maximum Gasteiger partial charge on any atom is 0.257 e. The quantitative estimate of drug-likeness (QED) is 0.418. The molecule has 31 heavy (non-hydrogen) atoms. The Morgan fingerprint density at radius 2 is 1.77 bits per heavy atom. The van der Waals surface area contributed by atoms with Gasteiger partial charge in [-0.25, -0.2) is 0 Å². The van der Waals surface area contributed by atoms with E-state index in [1.165, 1.54) is 14.7 Å². The summed E-state index contributed by atoms with van der Waals surface area (Å²) in [6.45, 7) is 10.4. The molecule has 9 heteroatoms. The number of hydrogen-bond donors (Lipinski definition) is 3. The lowest BCUT2D eigenvalue weighted by Gasteiger charge is -2.31. The Bertz CT molecular complexity index is 1080. The van der Waals surface area contributed by atoms with Gasteiger partial charge < -0.3 is 20.6 Å². The lowest BCUT2D eigenvalue weighted by atomic mass is 9.86. The molecule has 0 unspecified atom stereocenters. The summed E-state index contributed by atoms with van der Waals surface area (Å²) < 4.78 is 8.81. The standard InChI is InChI=1S/C22H29N5O2S2/c1-12-8-10-14(17(28)16(12)21(29)27(6)7)23-19-20(26-31-25-19)24-18(22(3,4)5)15-11-9-13(2)30-15/h8-11,18,28H,1-7H3,(H,23,25)(H,24,26)/t18-/m0/s1. The highest BCUT2D eigenvalue weighted by Crippen LogP contribution is 2.41. The Hall–Kier alpha value is -2.65. The third-order valence-electron chi connectivity index (χ3n) is 4.94. The summed E-state index contributed by atoms with van der Waals surface area (Å²) >= 11 is 2.84. The molecular weight excluding hydrogens is 430 g/mol. The molecule has 1 amide bonds. The molecule has 0 aliphatic heterocycles. The number of carbonyl (C=O) groups excluding carboxylic acids is 1. The Labute approximate surface area is 191 Å². The van der Waals surface area contributed by atoms with Gasteiger partial charge in [-0.1, -0.05) is 26.8 Å². The van der Waals surface area contributed by atoms with Crippen LogP contribution < -0.4 is 10.6 Å². The molecule has 3 aromatic rings. The zero-order valence-electron chi connectivity index (χ0n) is 18.9. The number of aromatic hydroxyl groups is 1. The molecule has 0 bridgehead atoms. The van der Waals surface area contributed by atoms with Crippen LogP contribution in [0.15, 0.2) is 24.3 Å². The van der Waals surface area contributed by atoms with Gasteiger partial charge in [-0.3, -0.25) is 4.79 Å². The van der Waals surface area contributed by atoms with Crippen LogP contribution in [0.1, 0.15) is 52.5 Å². The average molecular weight is 460 g/mol. The van der Waals surface area contributed by atoms with Crippen LogP contribution in [0.3, 0.4) is 0 Å². The van der Waals surface area contributed by atoms with Crippen LogP contribution >= 0.6 is 23.1 Å².